The van der Waals surface area contributed by atoms with Crippen molar-refractivity contribution in [2.45, 2.75) is 12.7 Å². The summed E-state index contributed by atoms with van der Waals surface area (Å²) in [4.78, 5) is 8.36. The van der Waals surface area contributed by atoms with Gasteiger partial charge in [0.05, 0.1) is 11.8 Å². The molecule has 0 bridgehead atoms. The fraction of sp³-hybridized carbons (Fsp3) is 0.158. The van der Waals surface area contributed by atoms with E-state index in [4.69, 9.17) is 0 Å². The maximum atomic E-state index is 13.2. The van der Waals surface area contributed by atoms with Crippen molar-refractivity contribution >= 4 is 21.5 Å². The summed E-state index contributed by atoms with van der Waals surface area (Å²) in [6.07, 6.45) is -2.26. The Morgan fingerprint density at radius 2 is 1.83 bits per heavy atom. The quantitative estimate of drug-likeness (QED) is 0.559. The Labute approximate surface area is 170 Å². The number of benzene rings is 2. The van der Waals surface area contributed by atoms with Gasteiger partial charge < -0.3 is 5.32 Å². The van der Waals surface area contributed by atoms with Crippen LogP contribution < -0.4 is 10.0 Å². The fourth-order valence-electron chi connectivity index (χ4n) is 2.68. The van der Waals surface area contributed by atoms with Crippen LogP contribution in [-0.2, 0) is 22.7 Å². The van der Waals surface area contributed by atoms with Gasteiger partial charge in [0.15, 0.2) is 5.82 Å². The number of sulfonamides is 1. The third-order valence-electron chi connectivity index (χ3n) is 3.92. The summed E-state index contributed by atoms with van der Waals surface area (Å²) in [5.74, 6) is -0.482. The van der Waals surface area contributed by atoms with Crippen LogP contribution in [0.15, 0.2) is 54.7 Å². The fourth-order valence-corrected chi connectivity index (χ4v) is 3.24. The Kier molecular flexibility index (Phi) is 5.92. The summed E-state index contributed by atoms with van der Waals surface area (Å²) in [6, 6.07) is 10.3. The van der Waals surface area contributed by atoms with E-state index in [1.807, 2.05) is 0 Å². The van der Waals surface area contributed by atoms with Crippen LogP contribution in [0.25, 0.3) is 11.4 Å². The van der Waals surface area contributed by atoms with Gasteiger partial charge >= 0.3 is 6.18 Å². The van der Waals surface area contributed by atoms with Gasteiger partial charge in [-0.25, -0.2) is 22.8 Å². The Balaban J connectivity index is 1.82. The number of nitrogens with zero attached hydrogens (tertiary/aromatic N) is 2. The lowest BCUT2D eigenvalue weighted by Crippen LogP contribution is -2.13. The highest BCUT2D eigenvalue weighted by Crippen LogP contribution is 2.33. The van der Waals surface area contributed by atoms with Crippen molar-refractivity contribution in [1.82, 2.24) is 9.97 Å². The molecule has 0 fully saturated rings. The zero-order valence-corrected chi connectivity index (χ0v) is 16.4. The zero-order valence-electron chi connectivity index (χ0n) is 15.5. The average Bonchev–Trinajstić information content (AvgIpc) is 2.65. The predicted molar refractivity (Wildman–Crippen MR) is 105 cm³/mol. The summed E-state index contributed by atoms with van der Waals surface area (Å²) in [7, 11) is -3.46. The smallest absolute Gasteiger partial charge is 0.366 e. The maximum Gasteiger partial charge on any atom is 0.416 e. The first kappa shape index (κ1) is 21.5. The third kappa shape index (κ3) is 5.66. The molecule has 0 spiro atoms. The van der Waals surface area contributed by atoms with Crippen molar-refractivity contribution in [3.63, 3.8) is 0 Å². The summed E-state index contributed by atoms with van der Waals surface area (Å²) in [6.45, 7) is -0.235. The topological polar surface area (TPSA) is 84.0 Å². The number of anilines is 2. The monoisotopic (exact) mass is 440 g/mol. The molecule has 2 N–H and O–H groups in total. The number of aromatic nitrogens is 2. The molecule has 0 radical (unpaired) electrons. The van der Waals surface area contributed by atoms with E-state index < -0.39 is 27.6 Å². The first-order valence-electron chi connectivity index (χ1n) is 8.52. The Morgan fingerprint density at radius 3 is 2.53 bits per heavy atom. The Bertz CT molecular complexity index is 1170. The van der Waals surface area contributed by atoms with Crippen molar-refractivity contribution in [2.24, 2.45) is 0 Å². The molecule has 0 aliphatic heterocycles. The molecule has 2 aromatic carbocycles. The van der Waals surface area contributed by atoms with Crippen LogP contribution in [0.1, 0.15) is 11.1 Å². The van der Waals surface area contributed by atoms with Gasteiger partial charge in [-0.05, 0) is 35.9 Å². The summed E-state index contributed by atoms with van der Waals surface area (Å²) in [5.41, 5.74) is -0.379. The van der Waals surface area contributed by atoms with Gasteiger partial charge in [-0.1, -0.05) is 18.2 Å². The zero-order chi connectivity index (χ0) is 21.9. The lowest BCUT2D eigenvalue weighted by molar-refractivity contribution is -0.138. The normalized spacial score (nSPS) is 11.9. The second kappa shape index (κ2) is 8.27. The van der Waals surface area contributed by atoms with Crippen LogP contribution >= 0.6 is 0 Å². The molecule has 0 saturated heterocycles. The van der Waals surface area contributed by atoms with Crippen LogP contribution in [0.3, 0.4) is 0 Å². The van der Waals surface area contributed by atoms with Crippen molar-refractivity contribution in [3.8, 4) is 11.4 Å². The Hall–Kier alpha value is -3.21. The van der Waals surface area contributed by atoms with E-state index >= 15 is 0 Å². The maximum absolute atomic E-state index is 13.2. The molecule has 1 aromatic heterocycles. The molecule has 0 atom stereocenters. The minimum absolute atomic E-state index is 0.136. The first-order valence-corrected chi connectivity index (χ1v) is 10.4. The van der Waals surface area contributed by atoms with Gasteiger partial charge in [-0.15, -0.1) is 0 Å². The van der Waals surface area contributed by atoms with Gasteiger partial charge in [-0.3, -0.25) is 4.72 Å². The minimum Gasteiger partial charge on any atom is -0.366 e. The molecule has 0 aliphatic carbocycles. The molecule has 0 aliphatic rings. The largest absolute Gasteiger partial charge is 0.416 e. The molecular weight excluding hydrogens is 424 g/mol. The summed E-state index contributed by atoms with van der Waals surface area (Å²) >= 11 is 0. The molecule has 3 aromatic rings. The standard InChI is InChI=1S/C19H16F4N4O2S/c1-30(28,29)27-15-4-2-3-12(9-15)18-24-8-7-17(26-18)25-11-13-5-6-14(20)10-16(13)19(21,22)23/h2-10,27H,11H2,1H3,(H,24,25,26). The molecule has 0 saturated carbocycles. The van der Waals surface area contributed by atoms with Gasteiger partial charge in [-0.2, -0.15) is 13.2 Å². The van der Waals surface area contributed by atoms with E-state index in [2.05, 4.69) is 20.0 Å². The van der Waals surface area contributed by atoms with Gasteiger partial charge in [0.25, 0.3) is 0 Å². The van der Waals surface area contributed by atoms with Gasteiger partial charge in [0.2, 0.25) is 10.0 Å². The first-order chi connectivity index (χ1) is 14.0. The number of nitrogens with one attached hydrogen (secondary N) is 2. The minimum atomic E-state index is -4.69. The van der Waals surface area contributed by atoms with Crippen LogP contribution in [0.4, 0.5) is 29.1 Å². The summed E-state index contributed by atoms with van der Waals surface area (Å²) < 4.78 is 77.7. The van der Waals surface area contributed by atoms with E-state index in [9.17, 15) is 26.0 Å². The highest BCUT2D eigenvalue weighted by Gasteiger charge is 2.33. The predicted octanol–water partition coefficient (Wildman–Crippen LogP) is 4.29. The molecule has 6 nitrogen and oxygen atoms in total. The molecule has 1 heterocycles. The Morgan fingerprint density at radius 1 is 1.07 bits per heavy atom. The van der Waals surface area contributed by atoms with Crippen molar-refractivity contribution in [3.05, 3.63) is 71.7 Å². The molecule has 3 rings (SSSR count). The van der Waals surface area contributed by atoms with Crippen molar-refractivity contribution < 1.29 is 26.0 Å². The second-order valence-corrected chi connectivity index (χ2v) is 8.12. The van der Waals surface area contributed by atoms with Gasteiger partial charge in [0, 0.05) is 24.0 Å². The van der Waals surface area contributed by atoms with E-state index in [1.54, 1.807) is 18.2 Å². The van der Waals surface area contributed by atoms with E-state index in [1.165, 1.54) is 18.3 Å². The molecule has 0 unspecified atom stereocenters. The molecule has 158 valence electrons. The third-order valence-corrected chi connectivity index (χ3v) is 4.52. The number of alkyl halides is 3. The lowest BCUT2D eigenvalue weighted by atomic mass is 10.1. The number of hydrogen-bond donors (Lipinski definition) is 2. The highest BCUT2D eigenvalue weighted by atomic mass is 32.2. The molecule has 11 heteroatoms. The molecule has 30 heavy (non-hydrogen) atoms. The van der Waals surface area contributed by atoms with E-state index in [0.717, 1.165) is 18.4 Å². The van der Waals surface area contributed by atoms with Crippen LogP contribution in [0.2, 0.25) is 0 Å². The summed E-state index contributed by atoms with van der Waals surface area (Å²) in [5, 5.41) is 2.77. The molecular formula is C19H16F4N4O2S. The number of halogens is 4. The number of hydrogen-bond acceptors (Lipinski definition) is 5. The van der Waals surface area contributed by atoms with E-state index in [-0.39, 0.29) is 23.8 Å². The molecule has 0 amide bonds. The van der Waals surface area contributed by atoms with Crippen LogP contribution in [0.5, 0.6) is 0 Å². The SMILES string of the molecule is CS(=O)(=O)Nc1cccc(-c2nccc(NCc3ccc(F)cc3C(F)(F)F)n2)c1. The van der Waals surface area contributed by atoms with Crippen LogP contribution in [0, 0.1) is 5.82 Å². The highest BCUT2D eigenvalue weighted by molar-refractivity contribution is 7.92. The number of rotatable bonds is 6. The second-order valence-electron chi connectivity index (χ2n) is 6.37. The van der Waals surface area contributed by atoms with Crippen molar-refractivity contribution in [1.29, 1.82) is 0 Å². The van der Waals surface area contributed by atoms with Crippen molar-refractivity contribution in [2.75, 3.05) is 16.3 Å². The lowest BCUT2D eigenvalue weighted by Gasteiger charge is -2.14. The van der Waals surface area contributed by atoms with E-state index in [0.29, 0.717) is 17.3 Å². The van der Waals surface area contributed by atoms with Crippen LogP contribution in [-0.4, -0.2) is 24.6 Å². The average molecular weight is 440 g/mol. The van der Waals surface area contributed by atoms with Gasteiger partial charge in [0.1, 0.15) is 11.6 Å².